The number of allylic oxidation sites excluding steroid dienone is 10. The SMILES string of the molecule is CC/C=C\C/C=C\C/C=C\C/C=C\C/C=C\CCCC(=O)NC(CC(C)C)C(=O)Oc1ccccc1C(=O)O. The molecule has 0 radical (unpaired) electrons. The van der Waals surface area contributed by atoms with Gasteiger partial charge in [0.05, 0.1) is 0 Å². The second-order valence-corrected chi connectivity index (χ2v) is 9.57. The Morgan fingerprint density at radius 3 is 1.92 bits per heavy atom. The van der Waals surface area contributed by atoms with Crippen molar-refractivity contribution in [3.05, 3.63) is 90.6 Å². The average Bonchev–Trinajstić information content (AvgIpc) is 2.90. The number of hydrogen-bond donors (Lipinski definition) is 2. The Kier molecular flexibility index (Phi) is 18.2. The van der Waals surface area contributed by atoms with Gasteiger partial charge in [-0.25, -0.2) is 9.59 Å². The number of amides is 1. The number of carbonyl (C=O) groups is 3. The zero-order valence-electron chi connectivity index (χ0n) is 23.7. The third-order valence-corrected chi connectivity index (χ3v) is 5.59. The average molecular weight is 536 g/mol. The summed E-state index contributed by atoms with van der Waals surface area (Å²) in [6.45, 7) is 6.02. The van der Waals surface area contributed by atoms with E-state index in [0.717, 1.165) is 38.5 Å². The maximum atomic E-state index is 12.7. The van der Waals surface area contributed by atoms with Crippen molar-refractivity contribution in [2.45, 2.75) is 84.6 Å². The Morgan fingerprint density at radius 1 is 0.846 bits per heavy atom. The van der Waals surface area contributed by atoms with Gasteiger partial charge in [0.1, 0.15) is 17.4 Å². The zero-order chi connectivity index (χ0) is 28.7. The number of ether oxygens (including phenoxy) is 1. The summed E-state index contributed by atoms with van der Waals surface area (Å²) in [6, 6.07) is 5.12. The Bertz CT molecular complexity index is 1020. The number of aromatic carboxylic acids is 1. The maximum Gasteiger partial charge on any atom is 0.339 e. The van der Waals surface area contributed by atoms with Crippen LogP contribution in [0.3, 0.4) is 0 Å². The van der Waals surface area contributed by atoms with E-state index in [4.69, 9.17) is 4.74 Å². The van der Waals surface area contributed by atoms with Gasteiger partial charge in [-0.1, -0.05) is 93.7 Å². The highest BCUT2D eigenvalue weighted by molar-refractivity contribution is 5.93. The van der Waals surface area contributed by atoms with E-state index in [0.29, 0.717) is 19.3 Å². The van der Waals surface area contributed by atoms with Crippen molar-refractivity contribution in [1.29, 1.82) is 0 Å². The molecule has 1 atom stereocenters. The molecule has 0 spiro atoms. The molecule has 1 aromatic carbocycles. The van der Waals surface area contributed by atoms with Crippen LogP contribution < -0.4 is 10.1 Å². The lowest BCUT2D eigenvalue weighted by atomic mass is 10.0. The fraction of sp³-hybridized carbons (Fsp3) is 0.424. The van der Waals surface area contributed by atoms with E-state index in [1.807, 2.05) is 13.8 Å². The monoisotopic (exact) mass is 535 g/mol. The molecule has 1 rings (SSSR count). The molecule has 1 amide bonds. The normalized spacial score (nSPS) is 12.9. The van der Waals surface area contributed by atoms with E-state index >= 15 is 0 Å². The van der Waals surface area contributed by atoms with Gasteiger partial charge in [0.25, 0.3) is 0 Å². The van der Waals surface area contributed by atoms with E-state index < -0.39 is 18.0 Å². The van der Waals surface area contributed by atoms with Gasteiger partial charge in [-0.2, -0.15) is 0 Å². The van der Waals surface area contributed by atoms with Crippen LogP contribution in [-0.2, 0) is 9.59 Å². The molecule has 2 N–H and O–H groups in total. The van der Waals surface area contributed by atoms with E-state index in [1.165, 1.54) is 12.1 Å². The van der Waals surface area contributed by atoms with Gasteiger partial charge < -0.3 is 15.2 Å². The van der Waals surface area contributed by atoms with Crippen molar-refractivity contribution in [3.8, 4) is 5.75 Å². The first-order valence-electron chi connectivity index (χ1n) is 13.9. The predicted molar refractivity (Wildman–Crippen MR) is 159 cm³/mol. The third-order valence-electron chi connectivity index (χ3n) is 5.59. The fourth-order valence-electron chi connectivity index (χ4n) is 3.61. The molecular weight excluding hydrogens is 490 g/mol. The Morgan fingerprint density at radius 2 is 1.38 bits per heavy atom. The predicted octanol–water partition coefficient (Wildman–Crippen LogP) is 7.74. The number of para-hydroxylation sites is 1. The summed E-state index contributed by atoms with van der Waals surface area (Å²) in [5.41, 5.74) is -0.0995. The standard InChI is InChI=1S/C33H45NO5/c1-4-5-6-7-8-9-10-11-12-13-14-15-16-17-18-19-20-25-31(35)34-29(26-27(2)3)33(38)39-30-24-22-21-23-28(30)32(36)37/h5-6,8-9,11-12,14-15,17-18,21-24,27,29H,4,7,10,13,16,19-20,25-26H2,1-3H3,(H,34,35)(H,36,37)/b6-5-,9-8-,12-11-,15-14-,18-17-. The molecule has 0 aromatic heterocycles. The third kappa shape index (κ3) is 16.7. The van der Waals surface area contributed by atoms with Gasteiger partial charge in [-0.15, -0.1) is 0 Å². The first-order valence-corrected chi connectivity index (χ1v) is 13.9. The summed E-state index contributed by atoms with van der Waals surface area (Å²) in [6.07, 6.45) is 28.4. The first-order chi connectivity index (χ1) is 18.8. The number of rotatable bonds is 19. The van der Waals surface area contributed by atoms with Crippen LogP contribution in [0.25, 0.3) is 0 Å². The smallest absolute Gasteiger partial charge is 0.339 e. The number of esters is 1. The van der Waals surface area contributed by atoms with Crippen molar-refractivity contribution in [2.24, 2.45) is 5.92 Å². The molecular formula is C33H45NO5. The molecule has 6 nitrogen and oxygen atoms in total. The Labute approximate surface area is 234 Å². The van der Waals surface area contributed by atoms with Crippen LogP contribution >= 0.6 is 0 Å². The summed E-state index contributed by atoms with van der Waals surface area (Å²) in [7, 11) is 0. The van der Waals surface area contributed by atoms with E-state index in [9.17, 15) is 19.5 Å². The molecule has 0 heterocycles. The van der Waals surface area contributed by atoms with Crippen LogP contribution in [-0.4, -0.2) is 29.0 Å². The van der Waals surface area contributed by atoms with Crippen LogP contribution in [0, 0.1) is 5.92 Å². The van der Waals surface area contributed by atoms with Gasteiger partial charge in [-0.05, 0) is 69.4 Å². The summed E-state index contributed by atoms with van der Waals surface area (Å²) < 4.78 is 5.35. The molecule has 0 bridgehead atoms. The lowest BCUT2D eigenvalue weighted by Crippen LogP contribution is -2.43. The quantitative estimate of drug-likeness (QED) is 0.0818. The topological polar surface area (TPSA) is 92.7 Å². The highest BCUT2D eigenvalue weighted by atomic mass is 16.5. The Balaban J connectivity index is 2.33. The number of carbonyl (C=O) groups excluding carboxylic acids is 2. The van der Waals surface area contributed by atoms with Gasteiger partial charge >= 0.3 is 11.9 Å². The number of unbranched alkanes of at least 4 members (excludes halogenated alkanes) is 1. The van der Waals surface area contributed by atoms with Gasteiger partial charge in [0, 0.05) is 6.42 Å². The fourth-order valence-corrected chi connectivity index (χ4v) is 3.61. The highest BCUT2D eigenvalue weighted by Gasteiger charge is 2.25. The zero-order valence-corrected chi connectivity index (χ0v) is 23.7. The molecule has 0 saturated carbocycles. The number of carboxylic acids is 1. The van der Waals surface area contributed by atoms with E-state index in [-0.39, 0.29) is 23.1 Å². The summed E-state index contributed by atoms with van der Waals surface area (Å²) >= 11 is 0. The number of benzene rings is 1. The van der Waals surface area contributed by atoms with Crippen molar-refractivity contribution in [2.75, 3.05) is 0 Å². The van der Waals surface area contributed by atoms with Crippen molar-refractivity contribution in [3.63, 3.8) is 0 Å². The summed E-state index contributed by atoms with van der Waals surface area (Å²) in [5.74, 6) is -1.96. The van der Waals surface area contributed by atoms with Crippen molar-refractivity contribution < 1.29 is 24.2 Å². The molecule has 0 fully saturated rings. The van der Waals surface area contributed by atoms with Crippen LogP contribution in [0.15, 0.2) is 85.0 Å². The highest BCUT2D eigenvalue weighted by Crippen LogP contribution is 2.19. The first kappa shape index (κ1) is 33.4. The van der Waals surface area contributed by atoms with Crippen LogP contribution in [0.4, 0.5) is 0 Å². The van der Waals surface area contributed by atoms with Crippen LogP contribution in [0.5, 0.6) is 5.75 Å². The molecule has 0 aliphatic carbocycles. The molecule has 6 heteroatoms. The van der Waals surface area contributed by atoms with E-state index in [1.54, 1.807) is 12.1 Å². The lowest BCUT2D eigenvalue weighted by Gasteiger charge is -2.19. The lowest BCUT2D eigenvalue weighted by molar-refractivity contribution is -0.139. The maximum absolute atomic E-state index is 12.7. The van der Waals surface area contributed by atoms with Crippen LogP contribution in [0.1, 0.15) is 88.9 Å². The van der Waals surface area contributed by atoms with Gasteiger partial charge in [0.15, 0.2) is 0 Å². The van der Waals surface area contributed by atoms with E-state index in [2.05, 4.69) is 73.0 Å². The number of nitrogens with one attached hydrogen (secondary N) is 1. The number of carboxylic acid groups (broad SMARTS) is 1. The van der Waals surface area contributed by atoms with Crippen LogP contribution in [0.2, 0.25) is 0 Å². The largest absolute Gasteiger partial charge is 0.478 e. The number of hydrogen-bond acceptors (Lipinski definition) is 4. The Hall–Kier alpha value is -3.67. The van der Waals surface area contributed by atoms with Crippen molar-refractivity contribution in [1.82, 2.24) is 5.32 Å². The molecule has 0 aliphatic rings. The molecule has 212 valence electrons. The van der Waals surface area contributed by atoms with Crippen molar-refractivity contribution >= 4 is 17.8 Å². The van der Waals surface area contributed by atoms with Gasteiger partial charge in [0.2, 0.25) is 5.91 Å². The minimum atomic E-state index is -1.18. The molecule has 39 heavy (non-hydrogen) atoms. The summed E-state index contributed by atoms with van der Waals surface area (Å²) in [4.78, 5) is 36.6. The molecule has 0 saturated heterocycles. The molecule has 0 aliphatic heterocycles. The second-order valence-electron chi connectivity index (χ2n) is 9.57. The summed E-state index contributed by atoms with van der Waals surface area (Å²) in [5, 5.41) is 12.1. The molecule has 1 unspecified atom stereocenters. The van der Waals surface area contributed by atoms with Gasteiger partial charge in [-0.3, -0.25) is 4.79 Å². The molecule has 1 aromatic rings. The minimum absolute atomic E-state index is 0.0311. The minimum Gasteiger partial charge on any atom is -0.478 e. The second kappa shape index (κ2) is 21.3.